The first kappa shape index (κ1) is 20.0. The second kappa shape index (κ2) is 7.71. The lowest BCUT2D eigenvalue weighted by Gasteiger charge is -2.16. The zero-order valence-corrected chi connectivity index (χ0v) is 17.3. The van der Waals surface area contributed by atoms with Crippen molar-refractivity contribution < 1.29 is 14.6 Å². The number of hydrogen-bond donors (Lipinski definition) is 1. The highest BCUT2D eigenvalue weighted by atomic mass is 32.1. The van der Waals surface area contributed by atoms with Crippen molar-refractivity contribution in [3.8, 4) is 5.75 Å². The molecule has 2 aromatic heterocycles. The summed E-state index contributed by atoms with van der Waals surface area (Å²) >= 11 is 1.18. The van der Waals surface area contributed by atoms with Crippen LogP contribution >= 0.6 is 11.3 Å². The summed E-state index contributed by atoms with van der Waals surface area (Å²) in [6.07, 6.45) is 0. The molecule has 1 N–H and O–H groups in total. The Bertz CT molecular complexity index is 1100. The summed E-state index contributed by atoms with van der Waals surface area (Å²) in [7, 11) is 0. The molecule has 7 nitrogen and oxygen atoms in total. The number of carbonyl (C=O) groups excluding carboxylic acids is 1. The molecule has 0 aliphatic carbocycles. The van der Waals surface area contributed by atoms with Crippen LogP contribution in [0.15, 0.2) is 23.0 Å². The maximum Gasteiger partial charge on any atom is 0.342 e. The third-order valence-electron chi connectivity index (χ3n) is 4.41. The normalized spacial score (nSPS) is 11.5. The number of hydrogen-bond acceptors (Lipinski definition) is 7. The number of nitrogens with zero attached hydrogens (tertiary/aromatic N) is 3. The third kappa shape index (κ3) is 3.91. The van der Waals surface area contributed by atoms with Crippen LogP contribution in [0.3, 0.4) is 0 Å². The van der Waals surface area contributed by atoms with Gasteiger partial charge in [-0.05, 0) is 36.0 Å². The van der Waals surface area contributed by atoms with Crippen molar-refractivity contribution in [1.82, 2.24) is 14.6 Å². The van der Waals surface area contributed by atoms with E-state index in [1.165, 1.54) is 21.9 Å². The van der Waals surface area contributed by atoms with Gasteiger partial charge in [-0.3, -0.25) is 4.79 Å². The Morgan fingerprint density at radius 2 is 1.93 bits per heavy atom. The second-order valence-corrected chi connectivity index (χ2v) is 8.36. The Labute approximate surface area is 166 Å². The average Bonchev–Trinajstić information content (AvgIpc) is 3.02. The molecule has 0 unspecified atom stereocenters. The fourth-order valence-corrected chi connectivity index (χ4v) is 3.69. The van der Waals surface area contributed by atoms with E-state index in [1.807, 2.05) is 33.8 Å². The van der Waals surface area contributed by atoms with Crippen LogP contribution in [0.4, 0.5) is 0 Å². The van der Waals surface area contributed by atoms with Gasteiger partial charge in [0.1, 0.15) is 17.9 Å². The Hall–Kier alpha value is -2.74. The summed E-state index contributed by atoms with van der Waals surface area (Å²) < 4.78 is 6.56. The summed E-state index contributed by atoms with van der Waals surface area (Å²) in [4.78, 5) is 29.3. The molecule has 1 aromatic carbocycles. The maximum absolute atomic E-state index is 12.6. The minimum absolute atomic E-state index is 0.0535. The van der Waals surface area contributed by atoms with Crippen molar-refractivity contribution in [1.29, 1.82) is 0 Å². The van der Waals surface area contributed by atoms with E-state index in [-0.39, 0.29) is 35.3 Å². The molecule has 28 heavy (non-hydrogen) atoms. The molecule has 0 bridgehead atoms. The summed E-state index contributed by atoms with van der Waals surface area (Å²) in [5.41, 5.74) is 2.14. The molecule has 0 saturated carbocycles. The van der Waals surface area contributed by atoms with Crippen LogP contribution in [0, 0.1) is 6.92 Å². The van der Waals surface area contributed by atoms with Crippen molar-refractivity contribution in [2.75, 3.05) is 0 Å². The Kier molecular flexibility index (Phi) is 5.51. The molecule has 0 aliphatic rings. The van der Waals surface area contributed by atoms with E-state index in [9.17, 15) is 14.7 Å². The van der Waals surface area contributed by atoms with Gasteiger partial charge >= 0.3 is 5.97 Å². The number of esters is 1. The number of phenols is 1. The van der Waals surface area contributed by atoms with E-state index < -0.39 is 5.97 Å². The van der Waals surface area contributed by atoms with E-state index in [1.54, 1.807) is 13.0 Å². The Morgan fingerprint density at radius 3 is 2.57 bits per heavy atom. The van der Waals surface area contributed by atoms with Crippen molar-refractivity contribution in [3.63, 3.8) is 0 Å². The fourth-order valence-electron chi connectivity index (χ4n) is 2.83. The lowest BCUT2D eigenvalue weighted by molar-refractivity contribution is 0.0467. The van der Waals surface area contributed by atoms with Crippen molar-refractivity contribution in [2.45, 2.75) is 53.1 Å². The smallest absolute Gasteiger partial charge is 0.342 e. The molecule has 2 heterocycles. The number of aryl methyl sites for hydroxylation is 1. The number of aromatic hydroxyl groups is 1. The molecule has 0 amide bonds. The highest BCUT2D eigenvalue weighted by Crippen LogP contribution is 2.33. The minimum atomic E-state index is -0.627. The standard InChI is InChI=1S/C20H23N3O4S/c1-10(2)13-7-14(11(3)4)18(25)15(8-13)19(26)27-9-16-22-23-17(24)6-12(5)21-20(23)28-16/h6-8,10-11,25H,9H2,1-5H3. The number of phenolic OH excluding ortho intramolecular Hbond substituents is 1. The van der Waals surface area contributed by atoms with Gasteiger partial charge in [-0.2, -0.15) is 9.61 Å². The predicted molar refractivity (Wildman–Crippen MR) is 107 cm³/mol. The fraction of sp³-hybridized carbons (Fsp3) is 0.400. The van der Waals surface area contributed by atoms with Gasteiger partial charge in [0.25, 0.3) is 5.56 Å². The first-order valence-electron chi connectivity index (χ1n) is 9.07. The topological polar surface area (TPSA) is 93.8 Å². The van der Waals surface area contributed by atoms with Crippen LogP contribution in [0.5, 0.6) is 5.75 Å². The number of aromatic nitrogens is 3. The molecular weight excluding hydrogens is 378 g/mol. The Balaban J connectivity index is 1.87. The lowest BCUT2D eigenvalue weighted by atomic mass is 9.92. The SMILES string of the molecule is Cc1cc(=O)n2nc(COC(=O)c3cc(C(C)C)cc(C(C)C)c3O)sc2n1. The highest BCUT2D eigenvalue weighted by Gasteiger charge is 2.21. The zero-order chi connectivity index (χ0) is 20.6. The number of benzene rings is 1. The third-order valence-corrected chi connectivity index (χ3v) is 5.29. The van der Waals surface area contributed by atoms with Gasteiger partial charge in [-0.25, -0.2) is 9.78 Å². The second-order valence-electron chi connectivity index (χ2n) is 7.32. The molecule has 0 atom stereocenters. The summed E-state index contributed by atoms with van der Waals surface area (Å²) in [6, 6.07) is 4.99. The molecule has 0 spiro atoms. The van der Waals surface area contributed by atoms with Crippen LogP contribution in [-0.2, 0) is 11.3 Å². The first-order valence-corrected chi connectivity index (χ1v) is 9.89. The predicted octanol–water partition coefficient (Wildman–Crippen LogP) is 3.77. The lowest BCUT2D eigenvalue weighted by Crippen LogP contribution is -2.14. The average molecular weight is 401 g/mol. The number of fused-ring (bicyclic) bond motifs is 1. The quantitative estimate of drug-likeness (QED) is 0.654. The maximum atomic E-state index is 12.6. The van der Waals surface area contributed by atoms with Crippen LogP contribution in [0.25, 0.3) is 4.96 Å². The number of ether oxygens (including phenoxy) is 1. The zero-order valence-electron chi connectivity index (χ0n) is 16.5. The van der Waals surface area contributed by atoms with Gasteiger partial charge < -0.3 is 9.84 Å². The Morgan fingerprint density at radius 1 is 1.21 bits per heavy atom. The van der Waals surface area contributed by atoms with Gasteiger partial charge in [0.15, 0.2) is 5.01 Å². The summed E-state index contributed by atoms with van der Waals surface area (Å²) in [5, 5.41) is 15.1. The molecular formula is C20H23N3O4S. The molecule has 3 rings (SSSR count). The van der Waals surface area contributed by atoms with Crippen LogP contribution in [-0.4, -0.2) is 25.7 Å². The summed E-state index contributed by atoms with van der Waals surface area (Å²) in [6.45, 7) is 9.61. The van der Waals surface area contributed by atoms with Crippen molar-refractivity contribution in [3.05, 3.63) is 55.9 Å². The molecule has 3 aromatic rings. The van der Waals surface area contributed by atoms with Gasteiger partial charge in [0, 0.05) is 11.8 Å². The summed E-state index contributed by atoms with van der Waals surface area (Å²) in [5.74, 6) is -0.411. The highest BCUT2D eigenvalue weighted by molar-refractivity contribution is 7.16. The van der Waals surface area contributed by atoms with E-state index in [4.69, 9.17) is 4.74 Å². The molecule has 0 aliphatic heterocycles. The number of rotatable bonds is 5. The molecule has 8 heteroatoms. The molecule has 0 saturated heterocycles. The van der Waals surface area contributed by atoms with Gasteiger partial charge in [0.2, 0.25) is 4.96 Å². The first-order chi connectivity index (χ1) is 13.2. The van der Waals surface area contributed by atoms with E-state index in [0.29, 0.717) is 21.2 Å². The largest absolute Gasteiger partial charge is 0.507 e. The molecule has 148 valence electrons. The van der Waals surface area contributed by atoms with Gasteiger partial charge in [0.05, 0.1) is 0 Å². The van der Waals surface area contributed by atoms with Crippen LogP contribution in [0.2, 0.25) is 0 Å². The minimum Gasteiger partial charge on any atom is -0.507 e. The number of carbonyl (C=O) groups is 1. The monoisotopic (exact) mass is 401 g/mol. The van der Waals surface area contributed by atoms with E-state index in [0.717, 1.165) is 5.56 Å². The van der Waals surface area contributed by atoms with Crippen molar-refractivity contribution >= 4 is 22.3 Å². The van der Waals surface area contributed by atoms with Crippen LogP contribution in [0.1, 0.15) is 71.7 Å². The van der Waals surface area contributed by atoms with E-state index >= 15 is 0 Å². The van der Waals surface area contributed by atoms with Crippen LogP contribution < -0.4 is 5.56 Å². The van der Waals surface area contributed by atoms with Gasteiger partial charge in [-0.15, -0.1) is 0 Å². The van der Waals surface area contributed by atoms with Gasteiger partial charge in [-0.1, -0.05) is 45.1 Å². The molecule has 0 fully saturated rings. The van der Waals surface area contributed by atoms with Crippen molar-refractivity contribution in [2.24, 2.45) is 0 Å². The molecule has 0 radical (unpaired) electrons. The van der Waals surface area contributed by atoms with E-state index in [2.05, 4.69) is 10.1 Å².